The Morgan fingerprint density at radius 3 is 2.58 bits per heavy atom. The molecule has 3 aromatic rings. The van der Waals surface area contributed by atoms with Gasteiger partial charge in [-0.05, 0) is 58.1 Å². The number of nitrogens with two attached hydrogens (primary N) is 1. The van der Waals surface area contributed by atoms with Crippen LogP contribution in [-0.4, -0.2) is 31.8 Å². The molecule has 0 amide bonds. The molecule has 0 spiro atoms. The van der Waals surface area contributed by atoms with Crippen LogP contribution in [0.25, 0.3) is 16.7 Å². The smallest absolute Gasteiger partial charge is 0.168 e. The van der Waals surface area contributed by atoms with Gasteiger partial charge in [-0.3, -0.25) is 0 Å². The standard InChI is InChI=1S/C20H26N6/c1-12-4-9-18(13(2)10-12)26-20-17(11-22-26)19(23-14(3)24-20)25-16-7-5-15(21)6-8-16/h4,9-11,15-16H,5-8,21H2,1-3H3,(H,23,24,25). The number of nitrogens with one attached hydrogen (secondary N) is 1. The van der Waals surface area contributed by atoms with Gasteiger partial charge in [0, 0.05) is 12.1 Å². The Hall–Kier alpha value is -2.47. The second-order valence-corrected chi connectivity index (χ2v) is 7.46. The van der Waals surface area contributed by atoms with Gasteiger partial charge < -0.3 is 11.1 Å². The van der Waals surface area contributed by atoms with Crippen molar-refractivity contribution < 1.29 is 0 Å². The molecule has 3 N–H and O–H groups in total. The van der Waals surface area contributed by atoms with Crippen LogP contribution in [0.15, 0.2) is 24.4 Å². The average Bonchev–Trinajstić information content (AvgIpc) is 3.01. The zero-order chi connectivity index (χ0) is 18.3. The summed E-state index contributed by atoms with van der Waals surface area (Å²) in [6.45, 7) is 6.14. The monoisotopic (exact) mass is 350 g/mol. The Morgan fingerprint density at radius 1 is 1.08 bits per heavy atom. The lowest BCUT2D eigenvalue weighted by atomic mass is 9.92. The molecular formula is C20H26N6. The molecule has 0 radical (unpaired) electrons. The van der Waals surface area contributed by atoms with Crippen LogP contribution in [0.4, 0.5) is 5.82 Å². The Kier molecular flexibility index (Phi) is 4.36. The van der Waals surface area contributed by atoms with Gasteiger partial charge in [-0.15, -0.1) is 0 Å². The van der Waals surface area contributed by atoms with Crippen LogP contribution in [0.2, 0.25) is 0 Å². The van der Waals surface area contributed by atoms with E-state index < -0.39 is 0 Å². The van der Waals surface area contributed by atoms with Gasteiger partial charge in [-0.1, -0.05) is 17.7 Å². The third-order valence-electron chi connectivity index (χ3n) is 5.23. The van der Waals surface area contributed by atoms with Crippen molar-refractivity contribution in [2.75, 3.05) is 5.32 Å². The lowest BCUT2D eigenvalue weighted by Gasteiger charge is -2.27. The topological polar surface area (TPSA) is 81.7 Å². The fraction of sp³-hybridized carbons (Fsp3) is 0.450. The number of aromatic nitrogens is 4. The number of anilines is 1. The molecule has 0 atom stereocenters. The molecule has 1 aliphatic carbocycles. The normalized spacial score (nSPS) is 20.5. The molecule has 0 saturated heterocycles. The SMILES string of the molecule is Cc1ccc(-n2ncc3c(NC4CCC(N)CC4)nc(C)nc32)c(C)c1. The Balaban J connectivity index is 1.73. The van der Waals surface area contributed by atoms with Crippen LogP contribution in [0.5, 0.6) is 0 Å². The number of fused-ring (bicyclic) bond motifs is 1. The number of hydrogen-bond acceptors (Lipinski definition) is 5. The second-order valence-electron chi connectivity index (χ2n) is 7.46. The van der Waals surface area contributed by atoms with E-state index >= 15 is 0 Å². The van der Waals surface area contributed by atoms with Crippen molar-refractivity contribution in [2.24, 2.45) is 5.73 Å². The van der Waals surface area contributed by atoms with Crippen LogP contribution in [-0.2, 0) is 0 Å². The first kappa shape index (κ1) is 17.0. The van der Waals surface area contributed by atoms with Crippen LogP contribution >= 0.6 is 0 Å². The van der Waals surface area contributed by atoms with E-state index in [1.54, 1.807) is 0 Å². The molecule has 6 nitrogen and oxygen atoms in total. The fourth-order valence-corrected chi connectivity index (χ4v) is 3.80. The van der Waals surface area contributed by atoms with E-state index in [1.165, 1.54) is 11.1 Å². The van der Waals surface area contributed by atoms with E-state index in [0.29, 0.717) is 12.1 Å². The van der Waals surface area contributed by atoms with Crippen LogP contribution < -0.4 is 11.1 Å². The van der Waals surface area contributed by atoms with Crippen LogP contribution in [0.3, 0.4) is 0 Å². The Bertz CT molecular complexity index is 937. The predicted molar refractivity (Wildman–Crippen MR) is 105 cm³/mol. The molecule has 0 bridgehead atoms. The molecule has 26 heavy (non-hydrogen) atoms. The first-order valence-corrected chi connectivity index (χ1v) is 9.33. The molecule has 4 rings (SSSR count). The highest BCUT2D eigenvalue weighted by Gasteiger charge is 2.21. The molecule has 1 saturated carbocycles. The van der Waals surface area contributed by atoms with Crippen molar-refractivity contribution in [2.45, 2.75) is 58.5 Å². The molecule has 1 aliphatic rings. The third kappa shape index (κ3) is 3.17. The van der Waals surface area contributed by atoms with Crippen LogP contribution in [0, 0.1) is 20.8 Å². The minimum absolute atomic E-state index is 0.340. The van der Waals surface area contributed by atoms with Gasteiger partial charge in [-0.25, -0.2) is 14.6 Å². The fourth-order valence-electron chi connectivity index (χ4n) is 3.80. The van der Waals surface area contributed by atoms with Crippen molar-refractivity contribution in [3.05, 3.63) is 41.3 Å². The maximum absolute atomic E-state index is 6.03. The molecule has 6 heteroatoms. The van der Waals surface area contributed by atoms with Crippen LogP contribution in [0.1, 0.15) is 42.6 Å². The predicted octanol–water partition coefficient (Wildman–Crippen LogP) is 3.42. The lowest BCUT2D eigenvalue weighted by molar-refractivity contribution is 0.410. The van der Waals surface area contributed by atoms with Gasteiger partial charge in [-0.2, -0.15) is 5.10 Å². The van der Waals surface area contributed by atoms with Crippen molar-refractivity contribution in [3.63, 3.8) is 0 Å². The number of benzene rings is 1. The van der Waals surface area contributed by atoms with Crippen molar-refractivity contribution in [1.29, 1.82) is 0 Å². The number of aryl methyl sites for hydroxylation is 3. The van der Waals surface area contributed by atoms with Gasteiger partial charge in [0.25, 0.3) is 0 Å². The van der Waals surface area contributed by atoms with Gasteiger partial charge in [0.15, 0.2) is 5.65 Å². The van der Waals surface area contributed by atoms with Crippen molar-refractivity contribution in [3.8, 4) is 5.69 Å². The maximum atomic E-state index is 6.03. The second kappa shape index (κ2) is 6.68. The zero-order valence-electron chi connectivity index (χ0n) is 15.7. The van der Waals surface area contributed by atoms with E-state index in [9.17, 15) is 0 Å². The summed E-state index contributed by atoms with van der Waals surface area (Å²) in [5, 5.41) is 9.19. The zero-order valence-corrected chi connectivity index (χ0v) is 15.7. The number of nitrogens with zero attached hydrogens (tertiary/aromatic N) is 4. The highest BCUT2D eigenvalue weighted by molar-refractivity contribution is 5.87. The minimum Gasteiger partial charge on any atom is -0.367 e. The highest BCUT2D eigenvalue weighted by atomic mass is 15.3. The summed E-state index contributed by atoms with van der Waals surface area (Å²) < 4.78 is 1.92. The Labute approximate surface area is 153 Å². The van der Waals surface area contributed by atoms with Gasteiger partial charge in [0.05, 0.1) is 17.3 Å². The number of hydrogen-bond donors (Lipinski definition) is 2. The van der Waals surface area contributed by atoms with Crippen molar-refractivity contribution >= 4 is 16.9 Å². The lowest BCUT2D eigenvalue weighted by Crippen LogP contribution is -2.33. The van der Waals surface area contributed by atoms with Gasteiger partial charge in [0.1, 0.15) is 11.6 Å². The van der Waals surface area contributed by atoms with E-state index in [-0.39, 0.29) is 0 Å². The summed E-state index contributed by atoms with van der Waals surface area (Å²) in [7, 11) is 0. The Morgan fingerprint density at radius 2 is 1.85 bits per heavy atom. The van der Waals surface area contributed by atoms with E-state index in [1.807, 2.05) is 17.8 Å². The van der Waals surface area contributed by atoms with Crippen molar-refractivity contribution in [1.82, 2.24) is 19.7 Å². The largest absolute Gasteiger partial charge is 0.367 e. The summed E-state index contributed by atoms with van der Waals surface area (Å²) in [6.07, 6.45) is 6.15. The van der Waals surface area contributed by atoms with E-state index in [4.69, 9.17) is 5.73 Å². The highest BCUT2D eigenvalue weighted by Crippen LogP contribution is 2.27. The summed E-state index contributed by atoms with van der Waals surface area (Å²) in [4.78, 5) is 9.32. The quantitative estimate of drug-likeness (QED) is 0.756. The molecular weight excluding hydrogens is 324 g/mol. The van der Waals surface area contributed by atoms with Gasteiger partial charge >= 0.3 is 0 Å². The van der Waals surface area contributed by atoms with Gasteiger partial charge in [0.2, 0.25) is 0 Å². The third-order valence-corrected chi connectivity index (χ3v) is 5.23. The molecule has 136 valence electrons. The molecule has 1 fully saturated rings. The van der Waals surface area contributed by atoms with E-state index in [2.05, 4.69) is 52.4 Å². The first-order chi connectivity index (χ1) is 12.5. The minimum atomic E-state index is 0.340. The molecule has 2 heterocycles. The summed E-state index contributed by atoms with van der Waals surface area (Å²) >= 11 is 0. The molecule has 0 unspecified atom stereocenters. The maximum Gasteiger partial charge on any atom is 0.168 e. The first-order valence-electron chi connectivity index (χ1n) is 9.33. The summed E-state index contributed by atoms with van der Waals surface area (Å²) in [6, 6.07) is 7.13. The summed E-state index contributed by atoms with van der Waals surface area (Å²) in [5.74, 6) is 1.63. The molecule has 1 aromatic carbocycles. The summed E-state index contributed by atoms with van der Waals surface area (Å²) in [5.41, 5.74) is 10.4. The number of rotatable bonds is 3. The average molecular weight is 350 g/mol. The molecule has 0 aliphatic heterocycles. The molecule has 2 aromatic heterocycles. The van der Waals surface area contributed by atoms with E-state index in [0.717, 1.165) is 54.0 Å².